The summed E-state index contributed by atoms with van der Waals surface area (Å²) < 4.78 is 11.0. The zero-order valence-corrected chi connectivity index (χ0v) is 13.2. The summed E-state index contributed by atoms with van der Waals surface area (Å²) in [6, 6.07) is 0. The number of rotatable bonds is 6. The Labute approximate surface area is 129 Å². The molecular weight excluding hydrogens is 284 g/mol. The summed E-state index contributed by atoms with van der Waals surface area (Å²) in [5.41, 5.74) is 1.96. The number of aryl methyl sites for hydroxylation is 3. The van der Waals surface area contributed by atoms with Gasteiger partial charge >= 0.3 is 0 Å². The van der Waals surface area contributed by atoms with E-state index >= 15 is 0 Å². The molecule has 0 aromatic carbocycles. The maximum absolute atomic E-state index is 5.74. The molecule has 8 nitrogen and oxygen atoms in total. The summed E-state index contributed by atoms with van der Waals surface area (Å²) in [7, 11) is 0. The molecule has 1 saturated heterocycles. The minimum Gasteiger partial charge on any atom is -0.368 e. The predicted molar refractivity (Wildman–Crippen MR) is 78.0 cm³/mol. The van der Waals surface area contributed by atoms with Crippen LogP contribution in [0.25, 0.3) is 0 Å². The van der Waals surface area contributed by atoms with E-state index in [4.69, 9.17) is 9.26 Å². The van der Waals surface area contributed by atoms with Crippen molar-refractivity contribution >= 4 is 0 Å². The number of hydrogen-bond acceptors (Lipinski definition) is 7. The lowest BCUT2D eigenvalue weighted by Gasteiger charge is -2.15. The van der Waals surface area contributed by atoms with Gasteiger partial charge in [0, 0.05) is 25.6 Å². The van der Waals surface area contributed by atoms with Gasteiger partial charge in [0.05, 0.1) is 17.9 Å². The number of hydrogen-bond donors (Lipinski definition) is 1. The van der Waals surface area contributed by atoms with Crippen molar-refractivity contribution < 1.29 is 9.26 Å². The average Bonchev–Trinajstić information content (AvgIpc) is 3.20. The van der Waals surface area contributed by atoms with Gasteiger partial charge < -0.3 is 14.6 Å². The van der Waals surface area contributed by atoms with E-state index in [2.05, 4.69) is 25.7 Å². The molecule has 1 aliphatic rings. The van der Waals surface area contributed by atoms with E-state index in [1.807, 2.05) is 20.8 Å². The SMILES string of the molecule is CCn1nc(C)c(CNC[C@@H]2CCO[C@@H]2c2nc(C)no2)n1. The lowest BCUT2D eigenvalue weighted by Crippen LogP contribution is -2.25. The Morgan fingerprint density at radius 3 is 2.86 bits per heavy atom. The molecule has 0 spiro atoms. The Morgan fingerprint density at radius 2 is 2.18 bits per heavy atom. The first-order chi connectivity index (χ1) is 10.7. The van der Waals surface area contributed by atoms with Crippen molar-refractivity contribution in [1.82, 2.24) is 30.5 Å². The molecule has 1 aliphatic heterocycles. The highest BCUT2D eigenvalue weighted by atomic mass is 16.5. The lowest BCUT2D eigenvalue weighted by molar-refractivity contribution is 0.0623. The van der Waals surface area contributed by atoms with Crippen LogP contribution in [0.3, 0.4) is 0 Å². The highest BCUT2D eigenvalue weighted by Crippen LogP contribution is 2.33. The van der Waals surface area contributed by atoms with Crippen molar-refractivity contribution in [2.24, 2.45) is 5.92 Å². The van der Waals surface area contributed by atoms with E-state index in [0.29, 0.717) is 24.2 Å². The molecule has 0 bridgehead atoms. The fraction of sp³-hybridized carbons (Fsp3) is 0.714. The second kappa shape index (κ2) is 6.53. The van der Waals surface area contributed by atoms with Crippen molar-refractivity contribution in [1.29, 1.82) is 0 Å². The molecule has 0 radical (unpaired) electrons. The maximum Gasteiger partial charge on any atom is 0.256 e. The molecule has 3 rings (SSSR count). The molecule has 0 saturated carbocycles. The molecule has 8 heteroatoms. The highest BCUT2D eigenvalue weighted by molar-refractivity contribution is 5.06. The molecule has 2 atom stereocenters. The Balaban J connectivity index is 1.55. The molecule has 22 heavy (non-hydrogen) atoms. The van der Waals surface area contributed by atoms with Crippen LogP contribution in [0.2, 0.25) is 0 Å². The second-order valence-electron chi connectivity index (χ2n) is 5.57. The van der Waals surface area contributed by atoms with Crippen LogP contribution >= 0.6 is 0 Å². The molecule has 0 unspecified atom stereocenters. The van der Waals surface area contributed by atoms with Crippen LogP contribution in [-0.4, -0.2) is 38.3 Å². The van der Waals surface area contributed by atoms with Crippen LogP contribution in [-0.2, 0) is 17.8 Å². The van der Waals surface area contributed by atoms with Crippen LogP contribution in [0, 0.1) is 19.8 Å². The number of ether oxygens (including phenoxy) is 1. The first-order valence-corrected chi connectivity index (χ1v) is 7.70. The van der Waals surface area contributed by atoms with Crippen molar-refractivity contribution in [2.45, 2.75) is 46.4 Å². The zero-order valence-electron chi connectivity index (χ0n) is 13.2. The monoisotopic (exact) mass is 306 g/mol. The average molecular weight is 306 g/mol. The molecule has 1 fully saturated rings. The fourth-order valence-electron chi connectivity index (χ4n) is 2.69. The summed E-state index contributed by atoms with van der Waals surface area (Å²) >= 11 is 0. The van der Waals surface area contributed by atoms with E-state index < -0.39 is 0 Å². The van der Waals surface area contributed by atoms with Crippen molar-refractivity contribution in [3.8, 4) is 0 Å². The van der Waals surface area contributed by atoms with Gasteiger partial charge in [-0.2, -0.15) is 20.0 Å². The van der Waals surface area contributed by atoms with Crippen LogP contribution in [0.5, 0.6) is 0 Å². The molecular formula is C14H22N6O2. The molecule has 0 aliphatic carbocycles. The normalized spacial score (nSPS) is 21.6. The van der Waals surface area contributed by atoms with Gasteiger partial charge in [-0.05, 0) is 27.2 Å². The Morgan fingerprint density at radius 1 is 1.32 bits per heavy atom. The maximum atomic E-state index is 5.74. The Kier molecular flexibility index (Phi) is 4.49. The first kappa shape index (κ1) is 15.1. The molecule has 120 valence electrons. The molecule has 1 N–H and O–H groups in total. The van der Waals surface area contributed by atoms with Crippen LogP contribution in [0.1, 0.15) is 42.6 Å². The smallest absolute Gasteiger partial charge is 0.256 e. The van der Waals surface area contributed by atoms with Gasteiger partial charge in [-0.1, -0.05) is 5.16 Å². The van der Waals surface area contributed by atoms with Crippen molar-refractivity contribution in [3.05, 3.63) is 23.1 Å². The van der Waals surface area contributed by atoms with Gasteiger partial charge in [-0.3, -0.25) is 0 Å². The summed E-state index contributed by atoms with van der Waals surface area (Å²) in [4.78, 5) is 6.00. The topological polar surface area (TPSA) is 90.9 Å². The third-order valence-electron chi connectivity index (χ3n) is 3.90. The number of nitrogens with zero attached hydrogens (tertiary/aromatic N) is 5. The van der Waals surface area contributed by atoms with E-state index in [1.54, 1.807) is 4.80 Å². The third-order valence-corrected chi connectivity index (χ3v) is 3.90. The van der Waals surface area contributed by atoms with Gasteiger partial charge in [-0.25, -0.2) is 0 Å². The zero-order chi connectivity index (χ0) is 15.5. The minimum atomic E-state index is -0.110. The Bertz CT molecular complexity index is 623. The van der Waals surface area contributed by atoms with Crippen LogP contribution < -0.4 is 5.32 Å². The third kappa shape index (κ3) is 3.17. The van der Waals surface area contributed by atoms with E-state index in [1.165, 1.54) is 0 Å². The van der Waals surface area contributed by atoms with Gasteiger partial charge in [-0.15, -0.1) is 0 Å². The van der Waals surface area contributed by atoms with E-state index in [-0.39, 0.29) is 6.10 Å². The van der Waals surface area contributed by atoms with E-state index in [0.717, 1.165) is 37.5 Å². The van der Waals surface area contributed by atoms with Crippen molar-refractivity contribution in [3.63, 3.8) is 0 Å². The predicted octanol–water partition coefficient (Wildman–Crippen LogP) is 1.17. The van der Waals surface area contributed by atoms with Crippen LogP contribution in [0.4, 0.5) is 0 Å². The minimum absolute atomic E-state index is 0.110. The fourth-order valence-corrected chi connectivity index (χ4v) is 2.69. The largest absolute Gasteiger partial charge is 0.368 e. The summed E-state index contributed by atoms with van der Waals surface area (Å²) in [6.45, 7) is 8.87. The highest BCUT2D eigenvalue weighted by Gasteiger charge is 2.33. The van der Waals surface area contributed by atoms with Crippen molar-refractivity contribution in [2.75, 3.05) is 13.2 Å². The first-order valence-electron chi connectivity index (χ1n) is 7.70. The Hall–Kier alpha value is -1.80. The summed E-state index contributed by atoms with van der Waals surface area (Å²) in [5, 5.41) is 16.1. The lowest BCUT2D eigenvalue weighted by atomic mass is 10.0. The summed E-state index contributed by atoms with van der Waals surface area (Å²) in [5.74, 6) is 1.56. The molecule has 3 heterocycles. The van der Waals surface area contributed by atoms with E-state index in [9.17, 15) is 0 Å². The molecule has 2 aromatic rings. The van der Waals surface area contributed by atoms with Gasteiger partial charge in [0.15, 0.2) is 5.82 Å². The molecule has 0 amide bonds. The quantitative estimate of drug-likeness (QED) is 0.856. The van der Waals surface area contributed by atoms with Gasteiger partial charge in [0.1, 0.15) is 6.10 Å². The van der Waals surface area contributed by atoms with Gasteiger partial charge in [0.2, 0.25) is 0 Å². The summed E-state index contributed by atoms with van der Waals surface area (Å²) in [6.07, 6.45) is 0.876. The number of nitrogens with one attached hydrogen (secondary N) is 1. The second-order valence-corrected chi connectivity index (χ2v) is 5.57. The number of aromatic nitrogens is 5. The van der Waals surface area contributed by atoms with Crippen LogP contribution in [0.15, 0.2) is 4.52 Å². The standard InChI is InChI=1S/C14H22N6O2/c1-4-20-17-9(2)12(18-20)8-15-7-11-5-6-21-13(11)14-16-10(3)19-22-14/h11,13,15H,4-8H2,1-3H3/t11-,13-/m0/s1. The molecule has 2 aromatic heterocycles. The van der Waals surface area contributed by atoms with Gasteiger partial charge in [0.25, 0.3) is 5.89 Å².